The Labute approximate surface area is 161 Å². The highest BCUT2D eigenvalue weighted by Crippen LogP contribution is 2.39. The summed E-state index contributed by atoms with van der Waals surface area (Å²) in [6, 6.07) is 11.6. The van der Waals surface area contributed by atoms with Crippen LogP contribution in [0.5, 0.6) is 5.75 Å². The van der Waals surface area contributed by atoms with Gasteiger partial charge in [0.2, 0.25) is 0 Å². The zero-order valence-electron chi connectivity index (χ0n) is 15.0. The van der Waals surface area contributed by atoms with E-state index in [4.69, 9.17) is 9.94 Å². The predicted octanol–water partition coefficient (Wildman–Crippen LogP) is 2.56. The topological polar surface area (TPSA) is 78.9 Å². The van der Waals surface area contributed by atoms with E-state index < -0.39 is 11.5 Å². The third-order valence-electron chi connectivity index (χ3n) is 4.99. The second-order valence-corrected chi connectivity index (χ2v) is 7.22. The number of hydrogen-bond donors (Lipinski definition) is 2. The fraction of sp³-hybridized carbons (Fsp3) is 0.238. The number of likely N-dealkylation sites (tertiary alicyclic amines) is 1. The molecule has 2 aromatic rings. The molecule has 1 fully saturated rings. The SMILES string of the molecule is O=C(C=Cc1ccc2c(c1)C(=O)CC1(CN(Cc3ccc(F)cc3)C1)O2)NO. The van der Waals surface area contributed by atoms with Crippen molar-refractivity contribution in [3.8, 4) is 5.75 Å². The van der Waals surface area contributed by atoms with Gasteiger partial charge in [-0.25, -0.2) is 9.87 Å². The maximum absolute atomic E-state index is 13.0. The van der Waals surface area contributed by atoms with Crippen LogP contribution in [0.1, 0.15) is 27.9 Å². The maximum Gasteiger partial charge on any atom is 0.267 e. The molecule has 28 heavy (non-hydrogen) atoms. The summed E-state index contributed by atoms with van der Waals surface area (Å²) in [6.45, 7) is 1.95. The van der Waals surface area contributed by atoms with Crippen molar-refractivity contribution in [1.29, 1.82) is 0 Å². The molecule has 0 bridgehead atoms. The van der Waals surface area contributed by atoms with E-state index in [-0.39, 0.29) is 11.6 Å². The molecule has 7 heteroatoms. The zero-order chi connectivity index (χ0) is 19.7. The van der Waals surface area contributed by atoms with Crippen LogP contribution in [-0.2, 0) is 11.3 Å². The average Bonchev–Trinajstić information content (AvgIpc) is 2.67. The number of halogens is 1. The van der Waals surface area contributed by atoms with Crippen molar-refractivity contribution in [3.63, 3.8) is 0 Å². The Hall–Kier alpha value is -3.03. The van der Waals surface area contributed by atoms with Crippen LogP contribution in [-0.4, -0.2) is 40.5 Å². The standard InChI is InChI=1S/C21H19FN2O4/c22-16-5-1-15(2-6-16)11-24-12-21(13-24)10-18(25)17-9-14(3-7-19(17)28-21)4-8-20(26)23-27/h1-9,27H,10-13H2,(H,23,26). The van der Waals surface area contributed by atoms with E-state index in [2.05, 4.69) is 4.90 Å². The third kappa shape index (κ3) is 3.67. The van der Waals surface area contributed by atoms with Gasteiger partial charge < -0.3 is 4.74 Å². The van der Waals surface area contributed by atoms with Gasteiger partial charge in [0.05, 0.1) is 12.0 Å². The number of amides is 1. The highest BCUT2D eigenvalue weighted by molar-refractivity contribution is 6.01. The minimum absolute atomic E-state index is 0.00421. The first-order valence-corrected chi connectivity index (χ1v) is 8.92. The largest absolute Gasteiger partial charge is 0.483 e. The van der Waals surface area contributed by atoms with Crippen molar-refractivity contribution < 1.29 is 23.9 Å². The lowest BCUT2D eigenvalue weighted by Crippen LogP contribution is -2.66. The number of hydroxylamine groups is 1. The Bertz CT molecular complexity index is 949. The highest BCUT2D eigenvalue weighted by Gasteiger charge is 2.49. The molecule has 0 atom stereocenters. The Morgan fingerprint density at radius 3 is 2.71 bits per heavy atom. The van der Waals surface area contributed by atoms with Crippen molar-refractivity contribution in [2.45, 2.75) is 18.6 Å². The average molecular weight is 382 g/mol. The van der Waals surface area contributed by atoms with Crippen molar-refractivity contribution in [2.75, 3.05) is 13.1 Å². The third-order valence-corrected chi connectivity index (χ3v) is 4.99. The Kier molecular flexibility index (Phi) is 4.70. The van der Waals surface area contributed by atoms with E-state index in [1.807, 2.05) is 0 Å². The van der Waals surface area contributed by atoms with Crippen molar-refractivity contribution in [2.24, 2.45) is 0 Å². The van der Waals surface area contributed by atoms with Crippen LogP contribution >= 0.6 is 0 Å². The van der Waals surface area contributed by atoms with Gasteiger partial charge in [-0.3, -0.25) is 19.7 Å². The molecule has 0 aromatic heterocycles. The number of ether oxygens (including phenoxy) is 1. The van der Waals surface area contributed by atoms with Crippen LogP contribution < -0.4 is 10.2 Å². The summed E-state index contributed by atoms with van der Waals surface area (Å²) in [5.74, 6) is -0.353. The van der Waals surface area contributed by atoms with Crippen molar-refractivity contribution in [3.05, 3.63) is 71.0 Å². The number of ketones is 1. The lowest BCUT2D eigenvalue weighted by Gasteiger charge is -2.51. The van der Waals surface area contributed by atoms with Gasteiger partial charge in [0.1, 0.15) is 17.2 Å². The number of carbonyl (C=O) groups is 2. The molecule has 0 radical (unpaired) electrons. The number of hydrogen-bond acceptors (Lipinski definition) is 5. The minimum atomic E-state index is -0.644. The molecule has 2 aliphatic rings. The molecule has 2 N–H and O–H groups in total. The van der Waals surface area contributed by atoms with Crippen LogP contribution in [0.2, 0.25) is 0 Å². The number of fused-ring (bicyclic) bond motifs is 1. The fourth-order valence-corrected chi connectivity index (χ4v) is 3.73. The smallest absolute Gasteiger partial charge is 0.267 e. The summed E-state index contributed by atoms with van der Waals surface area (Å²) in [5, 5.41) is 8.52. The van der Waals surface area contributed by atoms with Crippen LogP contribution in [0, 0.1) is 5.82 Å². The van der Waals surface area contributed by atoms with Crippen molar-refractivity contribution >= 4 is 17.8 Å². The first kappa shape index (κ1) is 18.3. The van der Waals surface area contributed by atoms with E-state index in [1.165, 1.54) is 29.8 Å². The van der Waals surface area contributed by atoms with Gasteiger partial charge in [-0.1, -0.05) is 18.2 Å². The number of rotatable bonds is 4. The van der Waals surface area contributed by atoms with E-state index >= 15 is 0 Å². The van der Waals surface area contributed by atoms with Gasteiger partial charge in [-0.2, -0.15) is 0 Å². The molecule has 1 spiro atoms. The maximum atomic E-state index is 13.0. The second-order valence-electron chi connectivity index (χ2n) is 7.22. The molecule has 0 saturated carbocycles. The van der Waals surface area contributed by atoms with E-state index in [9.17, 15) is 14.0 Å². The number of benzene rings is 2. The van der Waals surface area contributed by atoms with E-state index in [0.29, 0.717) is 42.9 Å². The van der Waals surface area contributed by atoms with Crippen molar-refractivity contribution in [1.82, 2.24) is 10.4 Å². The molecular formula is C21H19FN2O4. The van der Waals surface area contributed by atoms with Gasteiger partial charge in [0.15, 0.2) is 5.78 Å². The summed E-state index contributed by atoms with van der Waals surface area (Å²) in [7, 11) is 0. The number of Topliss-reactive ketones (excluding diaryl/α,β-unsaturated/α-hetero) is 1. The molecule has 2 aliphatic heterocycles. The fourth-order valence-electron chi connectivity index (χ4n) is 3.73. The summed E-state index contributed by atoms with van der Waals surface area (Å²) >= 11 is 0. The zero-order valence-corrected chi connectivity index (χ0v) is 15.0. The van der Waals surface area contributed by atoms with Gasteiger partial charge in [-0.15, -0.1) is 0 Å². The van der Waals surface area contributed by atoms with Gasteiger partial charge in [0, 0.05) is 25.7 Å². The molecule has 2 aromatic carbocycles. The molecule has 6 nitrogen and oxygen atoms in total. The van der Waals surface area contributed by atoms with E-state index in [1.54, 1.807) is 30.3 Å². The van der Waals surface area contributed by atoms with Crippen LogP contribution in [0.25, 0.3) is 6.08 Å². The molecule has 1 amide bonds. The molecular weight excluding hydrogens is 363 g/mol. The monoisotopic (exact) mass is 382 g/mol. The van der Waals surface area contributed by atoms with Gasteiger partial charge >= 0.3 is 0 Å². The van der Waals surface area contributed by atoms with Crippen LogP contribution in [0.3, 0.4) is 0 Å². The van der Waals surface area contributed by atoms with Crippen LogP contribution in [0.4, 0.5) is 4.39 Å². The first-order chi connectivity index (χ1) is 13.5. The van der Waals surface area contributed by atoms with Gasteiger partial charge in [-0.05, 0) is 41.5 Å². The van der Waals surface area contributed by atoms with Crippen LogP contribution in [0.15, 0.2) is 48.5 Å². The Balaban J connectivity index is 1.43. The number of nitrogens with one attached hydrogen (secondary N) is 1. The highest BCUT2D eigenvalue weighted by atomic mass is 19.1. The molecule has 0 unspecified atom stereocenters. The number of nitrogens with zero attached hydrogens (tertiary/aromatic N) is 1. The second kappa shape index (κ2) is 7.18. The number of carbonyl (C=O) groups excluding carboxylic acids is 2. The van der Waals surface area contributed by atoms with Gasteiger partial charge in [0.25, 0.3) is 5.91 Å². The lowest BCUT2D eigenvalue weighted by atomic mass is 9.83. The molecule has 4 rings (SSSR count). The summed E-state index contributed by atoms with van der Waals surface area (Å²) in [5.41, 5.74) is 3.18. The quantitative estimate of drug-likeness (QED) is 0.483. The van der Waals surface area contributed by atoms with E-state index in [0.717, 1.165) is 5.56 Å². The molecule has 2 heterocycles. The molecule has 144 valence electrons. The Morgan fingerprint density at radius 2 is 2.00 bits per heavy atom. The normalized spacial score (nSPS) is 17.9. The summed E-state index contributed by atoms with van der Waals surface area (Å²) in [6.07, 6.45) is 2.98. The summed E-state index contributed by atoms with van der Waals surface area (Å²) in [4.78, 5) is 25.9. The molecule has 0 aliphatic carbocycles. The minimum Gasteiger partial charge on any atom is -0.483 e. The lowest BCUT2D eigenvalue weighted by molar-refractivity contribution is -0.124. The predicted molar refractivity (Wildman–Crippen MR) is 99.4 cm³/mol. The molecule has 1 saturated heterocycles. The Morgan fingerprint density at radius 1 is 1.25 bits per heavy atom. The first-order valence-electron chi connectivity index (χ1n) is 8.92. The summed E-state index contributed by atoms with van der Waals surface area (Å²) < 4.78 is 19.2.